The molecule has 0 aliphatic rings. The lowest BCUT2D eigenvalue weighted by Crippen LogP contribution is -2.28. The van der Waals surface area contributed by atoms with Gasteiger partial charge >= 0.3 is 0 Å². The lowest BCUT2D eigenvalue weighted by molar-refractivity contribution is -0.122. The molecule has 0 bridgehead atoms. The number of benzene rings is 1. The highest BCUT2D eigenvalue weighted by atomic mass is 16.5. The molecule has 1 aromatic carbocycles. The Morgan fingerprint density at radius 1 is 1.29 bits per heavy atom. The largest absolute Gasteiger partial charge is 0.481 e. The fourth-order valence-corrected chi connectivity index (χ4v) is 1.95. The van der Waals surface area contributed by atoms with Crippen molar-refractivity contribution in [1.29, 1.82) is 0 Å². The summed E-state index contributed by atoms with van der Waals surface area (Å²) in [5.74, 6) is 0.763. The fraction of sp³-hybridized carbons (Fsp3) is 0.333. The molecule has 2 rings (SSSR count). The van der Waals surface area contributed by atoms with Crippen LogP contribution in [0.2, 0.25) is 0 Å². The van der Waals surface area contributed by atoms with Gasteiger partial charge in [-0.05, 0) is 18.1 Å². The first-order chi connectivity index (χ1) is 10.1. The zero-order valence-corrected chi connectivity index (χ0v) is 12.4. The van der Waals surface area contributed by atoms with Crippen molar-refractivity contribution in [1.82, 2.24) is 15.1 Å². The predicted octanol–water partition coefficient (Wildman–Crippen LogP) is 1.53. The molecule has 2 aromatic rings. The highest BCUT2D eigenvalue weighted by molar-refractivity contribution is 5.75. The summed E-state index contributed by atoms with van der Waals surface area (Å²) in [6, 6.07) is 9.57. The number of rotatable bonds is 6. The van der Waals surface area contributed by atoms with Crippen molar-refractivity contribution >= 4 is 5.91 Å². The molecule has 0 saturated heterocycles. The Balaban J connectivity index is 1.96. The van der Waals surface area contributed by atoms with Crippen LogP contribution in [0, 0.1) is 6.92 Å². The molecule has 1 amide bonds. The zero-order chi connectivity index (χ0) is 15.2. The van der Waals surface area contributed by atoms with Crippen LogP contribution in [0.4, 0.5) is 0 Å². The van der Waals surface area contributed by atoms with Crippen LogP contribution in [0.15, 0.2) is 30.3 Å². The molecule has 0 aliphatic heterocycles. The van der Waals surface area contributed by atoms with Gasteiger partial charge in [0.1, 0.15) is 6.54 Å². The van der Waals surface area contributed by atoms with E-state index in [-0.39, 0.29) is 12.5 Å². The standard InChI is InChI=1S/C15H19N3O3/c1-11-6-4-5-7-12(11)9-16-13(19)10-18-15(21-3)8-14(17-18)20-2/h4-8H,9-10H2,1-3H3,(H,16,19). The number of carbonyl (C=O) groups excluding carboxylic acids is 1. The van der Waals surface area contributed by atoms with Gasteiger partial charge in [0.2, 0.25) is 17.7 Å². The van der Waals surface area contributed by atoms with Gasteiger partial charge in [-0.15, -0.1) is 5.10 Å². The summed E-state index contributed by atoms with van der Waals surface area (Å²) in [6.07, 6.45) is 0. The van der Waals surface area contributed by atoms with Crippen LogP contribution < -0.4 is 14.8 Å². The van der Waals surface area contributed by atoms with Gasteiger partial charge in [-0.3, -0.25) is 4.79 Å². The van der Waals surface area contributed by atoms with Crippen LogP contribution in [-0.4, -0.2) is 29.9 Å². The summed E-state index contributed by atoms with van der Waals surface area (Å²) >= 11 is 0. The highest BCUT2D eigenvalue weighted by Gasteiger charge is 2.12. The second kappa shape index (κ2) is 6.78. The average molecular weight is 289 g/mol. The van der Waals surface area contributed by atoms with Gasteiger partial charge in [0, 0.05) is 6.54 Å². The second-order valence-corrected chi connectivity index (χ2v) is 4.59. The maximum Gasteiger partial charge on any atom is 0.242 e. The lowest BCUT2D eigenvalue weighted by Gasteiger charge is -2.09. The molecule has 112 valence electrons. The van der Waals surface area contributed by atoms with Crippen LogP contribution in [0.25, 0.3) is 0 Å². The summed E-state index contributed by atoms with van der Waals surface area (Å²) in [7, 11) is 3.04. The number of nitrogens with one attached hydrogen (secondary N) is 1. The van der Waals surface area contributed by atoms with E-state index in [4.69, 9.17) is 9.47 Å². The van der Waals surface area contributed by atoms with E-state index in [1.807, 2.05) is 31.2 Å². The normalized spacial score (nSPS) is 10.2. The molecule has 0 atom stereocenters. The Hall–Kier alpha value is -2.50. The fourth-order valence-electron chi connectivity index (χ4n) is 1.95. The van der Waals surface area contributed by atoms with Crippen molar-refractivity contribution in [2.24, 2.45) is 0 Å². The van der Waals surface area contributed by atoms with E-state index < -0.39 is 0 Å². The van der Waals surface area contributed by atoms with Gasteiger partial charge in [0.25, 0.3) is 0 Å². The van der Waals surface area contributed by atoms with Gasteiger partial charge < -0.3 is 14.8 Å². The number of aryl methyl sites for hydroxylation is 1. The number of aromatic nitrogens is 2. The first-order valence-corrected chi connectivity index (χ1v) is 6.61. The number of carbonyl (C=O) groups is 1. The average Bonchev–Trinajstić information content (AvgIpc) is 2.88. The van der Waals surface area contributed by atoms with Crippen LogP contribution in [0.1, 0.15) is 11.1 Å². The number of methoxy groups -OCH3 is 2. The molecule has 6 heteroatoms. The molecule has 0 radical (unpaired) electrons. The molecule has 1 heterocycles. The third kappa shape index (κ3) is 3.75. The molecular weight excluding hydrogens is 270 g/mol. The molecule has 0 unspecified atom stereocenters. The number of hydrogen-bond donors (Lipinski definition) is 1. The molecular formula is C15H19N3O3. The number of nitrogens with zero attached hydrogens (tertiary/aromatic N) is 2. The maximum atomic E-state index is 12.0. The summed E-state index contributed by atoms with van der Waals surface area (Å²) in [5, 5.41) is 6.99. The van der Waals surface area contributed by atoms with E-state index in [1.54, 1.807) is 6.07 Å². The summed E-state index contributed by atoms with van der Waals surface area (Å²) in [4.78, 5) is 12.0. The molecule has 0 aliphatic carbocycles. The van der Waals surface area contributed by atoms with E-state index in [9.17, 15) is 4.79 Å². The third-order valence-corrected chi connectivity index (χ3v) is 3.17. The van der Waals surface area contributed by atoms with Gasteiger partial charge in [0.15, 0.2) is 0 Å². The van der Waals surface area contributed by atoms with E-state index in [2.05, 4.69) is 10.4 Å². The molecule has 0 fully saturated rings. The first kappa shape index (κ1) is 14.9. The Morgan fingerprint density at radius 3 is 2.71 bits per heavy atom. The Labute approximate surface area is 123 Å². The van der Waals surface area contributed by atoms with Gasteiger partial charge in [-0.25, -0.2) is 4.68 Å². The van der Waals surface area contributed by atoms with Crippen molar-refractivity contribution in [2.45, 2.75) is 20.0 Å². The minimum absolute atomic E-state index is 0.0818. The van der Waals surface area contributed by atoms with Crippen LogP contribution in [0.5, 0.6) is 11.8 Å². The van der Waals surface area contributed by atoms with E-state index in [1.165, 1.54) is 18.9 Å². The Kier molecular flexibility index (Phi) is 4.81. The van der Waals surface area contributed by atoms with Crippen molar-refractivity contribution in [3.63, 3.8) is 0 Å². The topological polar surface area (TPSA) is 65.4 Å². The van der Waals surface area contributed by atoms with Crippen molar-refractivity contribution in [2.75, 3.05) is 14.2 Å². The van der Waals surface area contributed by atoms with E-state index in [0.717, 1.165) is 11.1 Å². The Bertz CT molecular complexity index is 622. The molecule has 1 aromatic heterocycles. The van der Waals surface area contributed by atoms with E-state index >= 15 is 0 Å². The van der Waals surface area contributed by atoms with Gasteiger partial charge in [-0.1, -0.05) is 24.3 Å². The third-order valence-electron chi connectivity index (χ3n) is 3.17. The molecule has 1 N–H and O–H groups in total. The molecule has 21 heavy (non-hydrogen) atoms. The van der Waals surface area contributed by atoms with Gasteiger partial charge in [0.05, 0.1) is 20.3 Å². The highest BCUT2D eigenvalue weighted by Crippen LogP contribution is 2.18. The van der Waals surface area contributed by atoms with Crippen LogP contribution >= 0.6 is 0 Å². The number of hydrogen-bond acceptors (Lipinski definition) is 4. The molecule has 0 saturated carbocycles. The minimum Gasteiger partial charge on any atom is -0.481 e. The summed E-state index contributed by atoms with van der Waals surface area (Å²) in [5.41, 5.74) is 2.24. The summed E-state index contributed by atoms with van der Waals surface area (Å²) < 4.78 is 11.6. The number of ether oxygens (including phenoxy) is 2. The molecule has 0 spiro atoms. The van der Waals surface area contributed by atoms with Crippen molar-refractivity contribution in [3.05, 3.63) is 41.5 Å². The SMILES string of the molecule is COc1cc(OC)n(CC(=O)NCc2ccccc2C)n1. The van der Waals surface area contributed by atoms with Crippen LogP contribution in [-0.2, 0) is 17.9 Å². The first-order valence-electron chi connectivity index (χ1n) is 6.61. The minimum atomic E-state index is -0.137. The molecule has 6 nitrogen and oxygen atoms in total. The maximum absolute atomic E-state index is 12.0. The summed E-state index contributed by atoms with van der Waals surface area (Å²) in [6.45, 7) is 2.59. The zero-order valence-electron chi connectivity index (χ0n) is 12.4. The van der Waals surface area contributed by atoms with Gasteiger partial charge in [-0.2, -0.15) is 0 Å². The second-order valence-electron chi connectivity index (χ2n) is 4.59. The van der Waals surface area contributed by atoms with E-state index in [0.29, 0.717) is 18.3 Å². The smallest absolute Gasteiger partial charge is 0.242 e. The quantitative estimate of drug-likeness (QED) is 0.875. The van der Waals surface area contributed by atoms with Crippen molar-refractivity contribution < 1.29 is 14.3 Å². The lowest BCUT2D eigenvalue weighted by atomic mass is 10.1. The predicted molar refractivity (Wildman–Crippen MR) is 78.4 cm³/mol. The Morgan fingerprint density at radius 2 is 2.05 bits per heavy atom. The van der Waals surface area contributed by atoms with Crippen LogP contribution in [0.3, 0.4) is 0 Å². The number of amides is 1. The van der Waals surface area contributed by atoms with Crippen molar-refractivity contribution in [3.8, 4) is 11.8 Å². The monoisotopic (exact) mass is 289 g/mol.